The van der Waals surface area contributed by atoms with E-state index in [1.807, 2.05) is 19.1 Å². The summed E-state index contributed by atoms with van der Waals surface area (Å²) in [5, 5.41) is 4.26. The Hall–Kier alpha value is -2.55. The molecule has 7 nitrogen and oxygen atoms in total. The number of aryl methyl sites for hydroxylation is 1. The molecule has 0 bridgehead atoms. The van der Waals surface area contributed by atoms with Crippen molar-refractivity contribution in [1.29, 1.82) is 0 Å². The van der Waals surface area contributed by atoms with Crippen LogP contribution in [-0.4, -0.2) is 24.5 Å². The van der Waals surface area contributed by atoms with Gasteiger partial charge in [0.1, 0.15) is 28.3 Å². The quantitative estimate of drug-likeness (QED) is 0.519. The van der Waals surface area contributed by atoms with Crippen molar-refractivity contribution in [2.45, 2.75) is 6.92 Å². The van der Waals surface area contributed by atoms with Crippen LogP contribution in [-0.2, 0) is 0 Å². The van der Waals surface area contributed by atoms with E-state index in [2.05, 4.69) is 25.3 Å². The summed E-state index contributed by atoms with van der Waals surface area (Å²) in [4.78, 5) is 29.4. The second-order valence-electron chi connectivity index (χ2n) is 5.35. The van der Waals surface area contributed by atoms with Crippen LogP contribution < -0.4 is 10.9 Å². The molecule has 0 fully saturated rings. The van der Waals surface area contributed by atoms with Crippen LogP contribution >= 0.6 is 34.5 Å². The van der Waals surface area contributed by atoms with Crippen LogP contribution in [0.5, 0.6) is 0 Å². The summed E-state index contributed by atoms with van der Waals surface area (Å²) in [5.41, 5.74) is 1.60. The molecule has 0 aliphatic carbocycles. The van der Waals surface area contributed by atoms with Crippen LogP contribution in [0.15, 0.2) is 41.7 Å². The molecule has 4 aromatic rings. The van der Waals surface area contributed by atoms with Crippen molar-refractivity contribution in [2.75, 3.05) is 5.32 Å². The zero-order valence-corrected chi connectivity index (χ0v) is 15.6. The van der Waals surface area contributed by atoms with Crippen LogP contribution in [0.2, 0.25) is 10.2 Å². The first-order chi connectivity index (χ1) is 12.5. The number of rotatable bonds is 3. The lowest BCUT2D eigenvalue weighted by Crippen LogP contribution is -2.19. The average molecular weight is 405 g/mol. The van der Waals surface area contributed by atoms with Crippen molar-refractivity contribution in [1.82, 2.24) is 24.5 Å². The van der Waals surface area contributed by atoms with E-state index in [-0.39, 0.29) is 5.56 Å². The maximum Gasteiger partial charge on any atom is 0.277 e. The fourth-order valence-electron chi connectivity index (χ4n) is 2.47. The van der Waals surface area contributed by atoms with E-state index in [0.29, 0.717) is 37.2 Å². The zero-order valence-electron chi connectivity index (χ0n) is 13.3. The Kier molecular flexibility index (Phi) is 4.31. The van der Waals surface area contributed by atoms with Crippen LogP contribution in [0.4, 0.5) is 10.9 Å². The first-order valence-corrected chi connectivity index (χ1v) is 8.98. The SMILES string of the molecule is Cc1cccc(Cl)c1-n1cnc2nc(Nc3cc(Cl)ncn3)sc2c1=O. The van der Waals surface area contributed by atoms with Gasteiger partial charge in [0.2, 0.25) is 0 Å². The summed E-state index contributed by atoms with van der Waals surface area (Å²) in [6, 6.07) is 7.02. The number of aromatic nitrogens is 5. The third-order valence-corrected chi connectivity index (χ3v) is 5.08. The second kappa shape index (κ2) is 6.64. The fraction of sp³-hybridized carbons (Fsp3) is 0.0625. The largest absolute Gasteiger partial charge is 0.316 e. The summed E-state index contributed by atoms with van der Waals surface area (Å²) in [5.74, 6) is 0.478. The van der Waals surface area contributed by atoms with E-state index in [1.54, 1.807) is 12.1 Å². The molecule has 1 aromatic carbocycles. The van der Waals surface area contributed by atoms with E-state index in [4.69, 9.17) is 23.2 Å². The smallest absolute Gasteiger partial charge is 0.277 e. The van der Waals surface area contributed by atoms with Gasteiger partial charge in [-0.25, -0.2) is 15.0 Å². The fourth-order valence-corrected chi connectivity index (χ4v) is 3.78. The number of benzene rings is 1. The molecule has 0 spiro atoms. The summed E-state index contributed by atoms with van der Waals surface area (Å²) < 4.78 is 1.85. The molecule has 0 amide bonds. The first-order valence-electron chi connectivity index (χ1n) is 7.41. The number of nitrogens with zero attached hydrogens (tertiary/aromatic N) is 5. The number of para-hydroxylation sites is 1. The number of nitrogens with one attached hydrogen (secondary N) is 1. The van der Waals surface area contributed by atoms with Gasteiger partial charge in [-0.15, -0.1) is 0 Å². The molecule has 26 heavy (non-hydrogen) atoms. The molecule has 0 aliphatic rings. The van der Waals surface area contributed by atoms with Crippen LogP contribution in [0.1, 0.15) is 5.56 Å². The standard InChI is InChI=1S/C16H10Cl2N6OS/c1-8-3-2-4-9(17)12(8)24-7-21-14-13(15(24)25)26-16(23-14)22-11-5-10(18)19-6-20-11/h2-7H,1H3,(H,19,20,22,23). The number of anilines is 2. The molecule has 3 heterocycles. The first kappa shape index (κ1) is 16.9. The molecular formula is C16H10Cl2N6OS. The second-order valence-corrected chi connectivity index (χ2v) is 7.14. The predicted octanol–water partition coefficient (Wildman–Crippen LogP) is 3.99. The molecule has 130 valence electrons. The molecule has 0 saturated heterocycles. The van der Waals surface area contributed by atoms with Crippen LogP contribution in [0.25, 0.3) is 16.0 Å². The van der Waals surface area contributed by atoms with E-state index < -0.39 is 0 Å². The molecule has 0 radical (unpaired) electrons. The highest BCUT2D eigenvalue weighted by molar-refractivity contribution is 7.22. The van der Waals surface area contributed by atoms with E-state index >= 15 is 0 Å². The number of halogens is 2. The lowest BCUT2D eigenvalue weighted by Gasteiger charge is -2.10. The van der Waals surface area contributed by atoms with Gasteiger partial charge in [0.05, 0.1) is 10.7 Å². The zero-order chi connectivity index (χ0) is 18.3. The van der Waals surface area contributed by atoms with Crippen molar-refractivity contribution in [3.63, 3.8) is 0 Å². The Morgan fingerprint density at radius 3 is 2.81 bits per heavy atom. The van der Waals surface area contributed by atoms with Gasteiger partial charge in [-0.1, -0.05) is 46.7 Å². The highest BCUT2D eigenvalue weighted by atomic mass is 35.5. The number of hydrogen-bond acceptors (Lipinski definition) is 7. The van der Waals surface area contributed by atoms with Crippen LogP contribution in [0.3, 0.4) is 0 Å². The summed E-state index contributed by atoms with van der Waals surface area (Å²) in [7, 11) is 0. The molecule has 0 aliphatic heterocycles. The molecule has 4 rings (SSSR count). The Morgan fingerprint density at radius 1 is 1.19 bits per heavy atom. The number of hydrogen-bond donors (Lipinski definition) is 1. The van der Waals surface area contributed by atoms with Crippen molar-refractivity contribution in [3.05, 3.63) is 63.0 Å². The van der Waals surface area contributed by atoms with Gasteiger partial charge in [-0.2, -0.15) is 4.98 Å². The minimum Gasteiger partial charge on any atom is -0.316 e. The van der Waals surface area contributed by atoms with Gasteiger partial charge in [0, 0.05) is 6.07 Å². The Bertz CT molecular complexity index is 1170. The van der Waals surface area contributed by atoms with E-state index in [9.17, 15) is 4.79 Å². The Labute approximate surface area is 161 Å². The van der Waals surface area contributed by atoms with E-state index in [1.165, 1.54) is 28.6 Å². The molecular weight excluding hydrogens is 395 g/mol. The van der Waals surface area contributed by atoms with Gasteiger partial charge in [0.15, 0.2) is 10.8 Å². The summed E-state index contributed by atoms with van der Waals surface area (Å²) in [6.07, 6.45) is 2.77. The van der Waals surface area contributed by atoms with Gasteiger partial charge in [-0.05, 0) is 18.6 Å². The van der Waals surface area contributed by atoms with Crippen molar-refractivity contribution < 1.29 is 0 Å². The minimum atomic E-state index is -0.238. The van der Waals surface area contributed by atoms with Crippen molar-refractivity contribution >= 4 is 55.8 Å². The highest BCUT2D eigenvalue weighted by Gasteiger charge is 2.15. The maximum absolute atomic E-state index is 12.9. The molecule has 1 N–H and O–H groups in total. The van der Waals surface area contributed by atoms with Crippen LogP contribution in [0, 0.1) is 6.92 Å². The Morgan fingerprint density at radius 2 is 2.04 bits per heavy atom. The third kappa shape index (κ3) is 3.03. The Balaban J connectivity index is 1.80. The average Bonchev–Trinajstić information content (AvgIpc) is 3.00. The topological polar surface area (TPSA) is 85.6 Å². The van der Waals surface area contributed by atoms with Crippen molar-refractivity contribution in [3.8, 4) is 5.69 Å². The number of fused-ring (bicyclic) bond motifs is 1. The highest BCUT2D eigenvalue weighted by Crippen LogP contribution is 2.27. The monoisotopic (exact) mass is 404 g/mol. The molecule has 10 heteroatoms. The van der Waals surface area contributed by atoms with Gasteiger partial charge < -0.3 is 5.32 Å². The van der Waals surface area contributed by atoms with Gasteiger partial charge >= 0.3 is 0 Å². The summed E-state index contributed by atoms with van der Waals surface area (Å²) >= 11 is 13.3. The van der Waals surface area contributed by atoms with Gasteiger partial charge in [0.25, 0.3) is 5.56 Å². The number of thiazole rings is 1. The maximum atomic E-state index is 12.9. The molecule has 0 atom stereocenters. The molecule has 3 aromatic heterocycles. The molecule has 0 unspecified atom stereocenters. The normalized spacial score (nSPS) is 11.0. The lowest BCUT2D eigenvalue weighted by molar-refractivity contribution is 0.952. The summed E-state index contributed by atoms with van der Waals surface area (Å²) in [6.45, 7) is 1.89. The van der Waals surface area contributed by atoms with Gasteiger partial charge in [-0.3, -0.25) is 9.36 Å². The minimum absolute atomic E-state index is 0.238. The predicted molar refractivity (Wildman–Crippen MR) is 103 cm³/mol. The lowest BCUT2D eigenvalue weighted by atomic mass is 10.2. The van der Waals surface area contributed by atoms with Crippen molar-refractivity contribution in [2.24, 2.45) is 0 Å². The van der Waals surface area contributed by atoms with E-state index in [0.717, 1.165) is 5.56 Å². The molecule has 0 saturated carbocycles. The third-order valence-electron chi connectivity index (χ3n) is 3.62.